The highest BCUT2D eigenvalue weighted by atomic mass is 32.2. The zero-order chi connectivity index (χ0) is 46.4. The van der Waals surface area contributed by atoms with Gasteiger partial charge in [-0.2, -0.15) is 11.8 Å². The summed E-state index contributed by atoms with van der Waals surface area (Å²) < 4.78 is 31.0. The number of carbonyl (C=O) groups excluding carboxylic acids is 4. The maximum atomic E-state index is 13.4. The summed E-state index contributed by atoms with van der Waals surface area (Å²) in [5, 5.41) is 21.3. The zero-order valence-corrected chi connectivity index (χ0v) is 40.8. The number of unbranched alkanes of at least 4 members (excludes halogenated alkanes) is 1. The number of rotatable bonds is 32. The van der Waals surface area contributed by atoms with Crippen LogP contribution in [0, 0.1) is 5.41 Å². The molecular formula is C45H81N9O9S. The van der Waals surface area contributed by atoms with Gasteiger partial charge in [0, 0.05) is 102 Å². The average Bonchev–Trinajstić information content (AvgIpc) is 3.92. The fraction of sp³-hybridized carbons (Fsp3) is 0.867. The molecule has 4 heterocycles. The Bertz CT molecular complexity index is 1570. The Morgan fingerprint density at radius 3 is 2.20 bits per heavy atom. The van der Waals surface area contributed by atoms with Crippen LogP contribution in [-0.2, 0) is 57.5 Å². The topological polar surface area (TPSA) is 200 Å². The second-order valence-electron chi connectivity index (χ2n) is 18.8. The van der Waals surface area contributed by atoms with Crippen molar-refractivity contribution >= 4 is 35.5 Å². The van der Waals surface area contributed by atoms with E-state index in [2.05, 4.69) is 78.1 Å². The Morgan fingerprint density at radius 2 is 1.55 bits per heavy atom. The second-order valence-corrected chi connectivity index (χ2v) is 20.1. The number of aromatic nitrogens is 3. The van der Waals surface area contributed by atoms with Crippen molar-refractivity contribution in [3.63, 3.8) is 0 Å². The Hall–Kier alpha value is -3.07. The highest BCUT2D eigenvalue weighted by Crippen LogP contribution is 2.33. The van der Waals surface area contributed by atoms with Crippen LogP contribution in [0.5, 0.6) is 0 Å². The summed E-state index contributed by atoms with van der Waals surface area (Å²) in [4.78, 5) is 53.7. The maximum Gasteiger partial charge on any atom is 0.315 e. The van der Waals surface area contributed by atoms with Gasteiger partial charge in [-0.15, -0.1) is 5.10 Å². The lowest BCUT2D eigenvalue weighted by molar-refractivity contribution is -0.133. The normalized spacial score (nSPS) is 20.1. The summed E-state index contributed by atoms with van der Waals surface area (Å²) in [6, 6.07) is 0.394. The molecule has 4 rings (SSSR count). The van der Waals surface area contributed by atoms with Gasteiger partial charge in [0.2, 0.25) is 17.7 Å². The molecule has 0 spiro atoms. The van der Waals surface area contributed by atoms with Crippen LogP contribution in [0.15, 0.2) is 0 Å². The van der Waals surface area contributed by atoms with Crippen molar-refractivity contribution in [1.29, 1.82) is 0 Å². The standard InChI is InChI=1S/C45H81N9O9S/c1-8-52(6)31-44(2,3)33-63-45(4,5)32-54-37-18-21-53(29-34(59-7)28-35(37)50-51-54)41(57)17-11-16-40(56)47-20-13-23-61-25-27-62-26-24-60-22-12-19-46-39(55)15-10-9-14-38-42-36(30-64-38)48-43(58)49-42/h34,36,38,42H,8-33H2,1-7H3,(H,46,55)(H,47,56)(H2,48,49,58)/t34-,36+,38+,42+/m1/s1. The molecule has 18 nitrogen and oxygen atoms in total. The van der Waals surface area contributed by atoms with Crippen molar-refractivity contribution in [3.05, 3.63) is 11.4 Å². The van der Waals surface area contributed by atoms with Gasteiger partial charge in [0.25, 0.3) is 0 Å². The monoisotopic (exact) mass is 924 g/mol. The third kappa shape index (κ3) is 19.8. The van der Waals surface area contributed by atoms with E-state index in [1.54, 1.807) is 7.11 Å². The van der Waals surface area contributed by atoms with Crippen LogP contribution < -0.4 is 21.3 Å². The summed E-state index contributed by atoms with van der Waals surface area (Å²) in [5.41, 5.74) is 1.44. The third-order valence-electron chi connectivity index (χ3n) is 11.9. The first-order chi connectivity index (χ1) is 30.7. The Kier molecular flexibility index (Phi) is 23.6. The molecule has 2 saturated heterocycles. The number of urea groups is 1. The van der Waals surface area contributed by atoms with Gasteiger partial charge in [0.05, 0.1) is 74.8 Å². The molecule has 19 heteroatoms. The maximum absolute atomic E-state index is 13.4. The van der Waals surface area contributed by atoms with Crippen molar-refractivity contribution in [2.45, 2.75) is 141 Å². The molecule has 64 heavy (non-hydrogen) atoms. The second kappa shape index (κ2) is 28.2. The fourth-order valence-electron chi connectivity index (χ4n) is 8.21. The van der Waals surface area contributed by atoms with Crippen LogP contribution >= 0.6 is 11.8 Å². The minimum atomic E-state index is -0.467. The van der Waals surface area contributed by atoms with E-state index in [-0.39, 0.29) is 60.2 Å². The number of thioether (sulfide) groups is 1. The molecule has 4 N–H and O–H groups in total. The van der Waals surface area contributed by atoms with Crippen LogP contribution in [0.4, 0.5) is 4.79 Å². The highest BCUT2D eigenvalue weighted by Gasteiger charge is 2.42. The molecule has 0 unspecified atom stereocenters. The molecule has 0 radical (unpaired) electrons. The number of methoxy groups -OCH3 is 1. The molecule has 1 aromatic rings. The lowest BCUT2D eigenvalue weighted by Crippen LogP contribution is -2.42. The van der Waals surface area contributed by atoms with E-state index in [4.69, 9.17) is 23.7 Å². The Morgan fingerprint density at radius 1 is 0.891 bits per heavy atom. The van der Waals surface area contributed by atoms with E-state index in [9.17, 15) is 19.2 Å². The molecule has 4 atom stereocenters. The number of carbonyl (C=O) groups is 4. The first kappa shape index (κ1) is 53.5. The molecule has 366 valence electrons. The van der Waals surface area contributed by atoms with E-state index in [0.29, 0.717) is 116 Å². The smallest absolute Gasteiger partial charge is 0.315 e. The summed E-state index contributed by atoms with van der Waals surface area (Å²) in [7, 11) is 3.79. The minimum Gasteiger partial charge on any atom is -0.379 e. The van der Waals surface area contributed by atoms with E-state index >= 15 is 0 Å². The summed E-state index contributed by atoms with van der Waals surface area (Å²) in [6.45, 7) is 18.9. The number of hydrogen-bond donors (Lipinski definition) is 4. The number of fused-ring (bicyclic) bond motifs is 2. The zero-order valence-electron chi connectivity index (χ0n) is 40.0. The number of nitrogens with zero attached hydrogens (tertiary/aromatic N) is 5. The molecule has 0 aromatic carbocycles. The highest BCUT2D eigenvalue weighted by molar-refractivity contribution is 8.00. The predicted molar refractivity (Wildman–Crippen MR) is 247 cm³/mol. The molecule has 2 fully saturated rings. The van der Waals surface area contributed by atoms with Crippen LogP contribution in [0.3, 0.4) is 0 Å². The van der Waals surface area contributed by atoms with Gasteiger partial charge in [0.15, 0.2) is 0 Å². The van der Waals surface area contributed by atoms with Crippen molar-refractivity contribution in [2.24, 2.45) is 5.41 Å². The van der Waals surface area contributed by atoms with Crippen LogP contribution in [0.2, 0.25) is 0 Å². The molecule has 5 amide bonds. The first-order valence-corrected chi connectivity index (χ1v) is 24.7. The molecule has 3 aliphatic heterocycles. The predicted octanol–water partition coefficient (Wildman–Crippen LogP) is 2.95. The van der Waals surface area contributed by atoms with Crippen molar-refractivity contribution < 1.29 is 42.9 Å². The third-order valence-corrected chi connectivity index (χ3v) is 13.4. The van der Waals surface area contributed by atoms with Gasteiger partial charge < -0.3 is 54.8 Å². The van der Waals surface area contributed by atoms with Gasteiger partial charge in [-0.3, -0.25) is 14.4 Å². The average molecular weight is 924 g/mol. The lowest BCUT2D eigenvalue weighted by atomic mass is 9.93. The van der Waals surface area contributed by atoms with Gasteiger partial charge in [0.1, 0.15) is 0 Å². The largest absolute Gasteiger partial charge is 0.379 e. The van der Waals surface area contributed by atoms with E-state index < -0.39 is 5.60 Å². The van der Waals surface area contributed by atoms with Crippen molar-refractivity contribution in [1.82, 2.24) is 46.1 Å². The van der Waals surface area contributed by atoms with Gasteiger partial charge in [-0.05, 0) is 59.5 Å². The number of nitrogens with one attached hydrogen (secondary N) is 4. The van der Waals surface area contributed by atoms with Crippen molar-refractivity contribution in [2.75, 3.05) is 105 Å². The van der Waals surface area contributed by atoms with Gasteiger partial charge >= 0.3 is 6.03 Å². The van der Waals surface area contributed by atoms with Gasteiger partial charge in [-0.1, -0.05) is 32.4 Å². The summed E-state index contributed by atoms with van der Waals surface area (Å²) in [5.74, 6) is 0.963. The Balaban J connectivity index is 0.956. The molecule has 1 aromatic heterocycles. The quantitative estimate of drug-likeness (QED) is 0.0609. The SMILES string of the molecule is CCN(C)CC(C)(C)COC(C)(C)Cn1nnc2c1CCN(C(=O)CCCC(=O)NCCCOCCOCCOCCCNC(=O)CCCC[C@@H]1SC[C@@H]3NC(=O)N[C@@H]31)C[C@H](OC)C2. The minimum absolute atomic E-state index is 0.000838. The summed E-state index contributed by atoms with van der Waals surface area (Å²) in [6.07, 6.45) is 6.81. The molecule has 0 aliphatic carbocycles. The number of hydrogen-bond acceptors (Lipinski definition) is 13. The molecule has 0 saturated carbocycles. The van der Waals surface area contributed by atoms with Crippen molar-refractivity contribution in [3.8, 4) is 0 Å². The molecule has 0 bridgehead atoms. The van der Waals surface area contributed by atoms with Crippen LogP contribution in [0.1, 0.15) is 104 Å². The van der Waals surface area contributed by atoms with E-state index in [1.807, 2.05) is 21.3 Å². The Labute approximate surface area is 386 Å². The first-order valence-electron chi connectivity index (χ1n) is 23.7. The number of ether oxygens (including phenoxy) is 5. The molecular weight excluding hydrogens is 843 g/mol. The lowest BCUT2D eigenvalue weighted by Gasteiger charge is -2.34. The van der Waals surface area contributed by atoms with E-state index in [0.717, 1.165) is 55.9 Å². The summed E-state index contributed by atoms with van der Waals surface area (Å²) >= 11 is 1.90. The van der Waals surface area contributed by atoms with Gasteiger partial charge in [-0.25, -0.2) is 9.48 Å². The van der Waals surface area contributed by atoms with Crippen LogP contribution in [0.25, 0.3) is 0 Å². The fourth-order valence-corrected chi connectivity index (χ4v) is 9.75. The van der Waals surface area contributed by atoms with E-state index in [1.165, 1.54) is 0 Å². The van der Waals surface area contributed by atoms with Crippen LogP contribution in [-0.4, -0.2) is 183 Å². The number of amides is 5. The molecule has 3 aliphatic rings.